The number of aliphatic hydroxyl groups excluding tert-OH is 2. The molecule has 0 spiro atoms. The first-order valence-corrected chi connectivity index (χ1v) is 7.42. The van der Waals surface area contributed by atoms with E-state index in [0.717, 1.165) is 36.4 Å². The fourth-order valence-electron chi connectivity index (χ4n) is 1.99. The highest BCUT2D eigenvalue weighted by Gasteiger charge is 2.24. The fraction of sp³-hybridized carbons (Fsp3) is 0.143. The van der Waals surface area contributed by atoms with Crippen molar-refractivity contribution in [2.24, 2.45) is 0 Å². The summed E-state index contributed by atoms with van der Waals surface area (Å²) in [5.41, 5.74) is -0.216. The van der Waals surface area contributed by atoms with Crippen LogP contribution in [0.3, 0.4) is 0 Å². The Labute approximate surface area is 120 Å². The van der Waals surface area contributed by atoms with Crippen LogP contribution in [0.2, 0.25) is 0 Å². The minimum Gasteiger partial charge on any atom is -0.392 e. The summed E-state index contributed by atoms with van der Waals surface area (Å²) in [5, 5.41) is 18.4. The summed E-state index contributed by atoms with van der Waals surface area (Å²) in [4.78, 5) is -0.569. The molecule has 112 valence electrons. The van der Waals surface area contributed by atoms with E-state index in [1.54, 1.807) is 0 Å². The smallest absolute Gasteiger partial charge is 0.207 e. The van der Waals surface area contributed by atoms with Crippen molar-refractivity contribution >= 4 is 9.84 Å². The Balaban J connectivity index is 2.68. The number of rotatable bonds is 4. The maximum Gasteiger partial charge on any atom is 0.207 e. The lowest BCUT2D eigenvalue weighted by Gasteiger charge is -2.12. The second kappa shape index (κ2) is 5.88. The van der Waals surface area contributed by atoms with Crippen LogP contribution in [-0.4, -0.2) is 18.6 Å². The average Bonchev–Trinajstić information content (AvgIpc) is 2.46. The zero-order valence-corrected chi connectivity index (χ0v) is 11.6. The molecule has 2 aromatic rings. The molecule has 2 aromatic carbocycles. The highest BCUT2D eigenvalue weighted by molar-refractivity contribution is 7.91. The maximum atomic E-state index is 13.1. The van der Waals surface area contributed by atoms with E-state index in [2.05, 4.69) is 0 Å². The first-order chi connectivity index (χ1) is 9.90. The lowest BCUT2D eigenvalue weighted by atomic mass is 10.2. The van der Waals surface area contributed by atoms with Gasteiger partial charge in [-0.1, -0.05) is 0 Å². The van der Waals surface area contributed by atoms with E-state index in [4.69, 9.17) is 0 Å². The molecule has 4 nitrogen and oxygen atoms in total. The Kier molecular flexibility index (Phi) is 4.36. The number of halogens is 2. The average molecular weight is 314 g/mol. The number of benzene rings is 2. The predicted octanol–water partition coefficient (Wildman–Crippen LogP) is 1.78. The third kappa shape index (κ3) is 2.94. The van der Waals surface area contributed by atoms with Gasteiger partial charge in [0.25, 0.3) is 0 Å². The van der Waals surface area contributed by atoms with Crippen LogP contribution in [0.5, 0.6) is 0 Å². The van der Waals surface area contributed by atoms with Gasteiger partial charge in [0.05, 0.1) is 23.0 Å². The second-order valence-electron chi connectivity index (χ2n) is 4.32. The van der Waals surface area contributed by atoms with Crippen molar-refractivity contribution in [2.45, 2.75) is 23.0 Å². The van der Waals surface area contributed by atoms with Crippen molar-refractivity contribution in [1.82, 2.24) is 0 Å². The van der Waals surface area contributed by atoms with Crippen molar-refractivity contribution in [3.63, 3.8) is 0 Å². The highest BCUT2D eigenvalue weighted by Crippen LogP contribution is 2.28. The molecule has 0 aromatic heterocycles. The van der Waals surface area contributed by atoms with Gasteiger partial charge in [0.2, 0.25) is 9.84 Å². The highest BCUT2D eigenvalue weighted by atomic mass is 32.2. The summed E-state index contributed by atoms with van der Waals surface area (Å²) in [6.45, 7) is -1.33. The standard InChI is InChI=1S/C14H12F2O4S/c15-11-1-3-13(9(5-11)7-17)21(19,20)14-4-2-12(16)6-10(14)8-18/h1-6,17-18H,7-8H2. The van der Waals surface area contributed by atoms with E-state index in [-0.39, 0.29) is 20.9 Å². The summed E-state index contributed by atoms with van der Waals surface area (Å²) in [6, 6.07) is 5.79. The van der Waals surface area contributed by atoms with Crippen LogP contribution in [0.4, 0.5) is 8.78 Å². The largest absolute Gasteiger partial charge is 0.392 e. The number of sulfone groups is 1. The third-order valence-corrected chi connectivity index (χ3v) is 4.92. The van der Waals surface area contributed by atoms with Crippen molar-refractivity contribution in [3.05, 3.63) is 59.2 Å². The van der Waals surface area contributed by atoms with Crippen LogP contribution in [0.1, 0.15) is 11.1 Å². The lowest BCUT2D eigenvalue weighted by Crippen LogP contribution is -2.09. The van der Waals surface area contributed by atoms with Crippen LogP contribution >= 0.6 is 0 Å². The molecule has 0 aliphatic rings. The second-order valence-corrected chi connectivity index (χ2v) is 6.21. The van der Waals surface area contributed by atoms with E-state index in [1.807, 2.05) is 0 Å². The van der Waals surface area contributed by atoms with Gasteiger partial charge in [-0.25, -0.2) is 17.2 Å². The summed E-state index contributed by atoms with van der Waals surface area (Å²) in [6.07, 6.45) is 0. The van der Waals surface area contributed by atoms with Gasteiger partial charge < -0.3 is 10.2 Å². The van der Waals surface area contributed by atoms with Gasteiger partial charge in [0.1, 0.15) is 11.6 Å². The molecule has 2 N–H and O–H groups in total. The van der Waals surface area contributed by atoms with Gasteiger partial charge in [-0.3, -0.25) is 0 Å². The minimum absolute atomic E-state index is 0.108. The summed E-state index contributed by atoms with van der Waals surface area (Å²) < 4.78 is 51.4. The maximum absolute atomic E-state index is 13.1. The molecular formula is C14H12F2O4S. The Morgan fingerprint density at radius 1 is 0.810 bits per heavy atom. The summed E-state index contributed by atoms with van der Waals surface area (Å²) >= 11 is 0. The quantitative estimate of drug-likeness (QED) is 0.844. The first-order valence-electron chi connectivity index (χ1n) is 5.94. The van der Waals surface area contributed by atoms with Crippen molar-refractivity contribution < 1.29 is 27.4 Å². The third-order valence-electron chi connectivity index (χ3n) is 2.96. The van der Waals surface area contributed by atoms with Crippen LogP contribution < -0.4 is 0 Å². The molecule has 0 atom stereocenters. The Hall–Kier alpha value is -1.83. The monoisotopic (exact) mass is 314 g/mol. The zero-order chi connectivity index (χ0) is 15.6. The topological polar surface area (TPSA) is 74.6 Å². The SMILES string of the molecule is O=S(=O)(c1ccc(F)cc1CO)c1ccc(F)cc1CO. The van der Waals surface area contributed by atoms with Gasteiger partial charge in [-0.2, -0.15) is 0 Å². The molecule has 0 aliphatic carbocycles. The summed E-state index contributed by atoms with van der Waals surface area (Å²) in [5.74, 6) is -1.36. The van der Waals surface area contributed by atoms with Gasteiger partial charge in [-0.05, 0) is 47.5 Å². The van der Waals surface area contributed by atoms with Gasteiger partial charge in [-0.15, -0.1) is 0 Å². The van der Waals surface area contributed by atoms with E-state index in [9.17, 15) is 27.4 Å². The van der Waals surface area contributed by atoms with Crippen LogP contribution in [-0.2, 0) is 23.1 Å². The van der Waals surface area contributed by atoms with Crippen molar-refractivity contribution in [1.29, 1.82) is 0 Å². The normalized spacial score (nSPS) is 11.6. The van der Waals surface area contributed by atoms with Crippen molar-refractivity contribution in [2.75, 3.05) is 0 Å². The molecule has 0 amide bonds. The van der Waals surface area contributed by atoms with E-state index in [1.165, 1.54) is 0 Å². The molecule has 0 aliphatic heterocycles. The first kappa shape index (κ1) is 15.6. The Bertz CT molecular complexity index is 713. The Morgan fingerprint density at radius 2 is 1.19 bits per heavy atom. The molecule has 21 heavy (non-hydrogen) atoms. The van der Waals surface area contributed by atoms with E-state index < -0.39 is 34.7 Å². The van der Waals surface area contributed by atoms with E-state index in [0.29, 0.717) is 0 Å². The molecular weight excluding hydrogens is 302 g/mol. The molecule has 0 unspecified atom stereocenters. The molecule has 0 bridgehead atoms. The molecule has 0 saturated heterocycles. The zero-order valence-electron chi connectivity index (χ0n) is 10.8. The van der Waals surface area contributed by atoms with Gasteiger partial charge >= 0.3 is 0 Å². The molecule has 0 saturated carbocycles. The molecule has 0 fully saturated rings. The lowest BCUT2D eigenvalue weighted by molar-refractivity contribution is 0.277. The number of hydrogen-bond donors (Lipinski definition) is 2. The molecule has 0 radical (unpaired) electrons. The fourth-order valence-corrected chi connectivity index (χ4v) is 3.65. The summed E-state index contributed by atoms with van der Waals surface area (Å²) in [7, 11) is -4.11. The van der Waals surface area contributed by atoms with Gasteiger partial charge in [0, 0.05) is 0 Å². The number of aliphatic hydroxyl groups is 2. The molecule has 0 heterocycles. The minimum atomic E-state index is -4.11. The van der Waals surface area contributed by atoms with Crippen LogP contribution in [0, 0.1) is 11.6 Å². The van der Waals surface area contributed by atoms with Crippen LogP contribution in [0.15, 0.2) is 46.2 Å². The van der Waals surface area contributed by atoms with E-state index >= 15 is 0 Å². The predicted molar refractivity (Wildman–Crippen MR) is 70.1 cm³/mol. The Morgan fingerprint density at radius 3 is 1.52 bits per heavy atom. The van der Waals surface area contributed by atoms with Gasteiger partial charge in [0.15, 0.2) is 0 Å². The van der Waals surface area contributed by atoms with Crippen molar-refractivity contribution in [3.8, 4) is 0 Å². The molecule has 2 rings (SSSR count). The molecule has 7 heteroatoms. The number of hydrogen-bond acceptors (Lipinski definition) is 4. The van der Waals surface area contributed by atoms with Crippen LogP contribution in [0.25, 0.3) is 0 Å².